The summed E-state index contributed by atoms with van der Waals surface area (Å²) < 4.78 is 4.18. The summed E-state index contributed by atoms with van der Waals surface area (Å²) in [5, 5.41) is 3.94. The number of aromatic nitrogens is 1. The number of hydrogen-bond donors (Lipinski definition) is 3. The average Bonchev–Trinajstić information content (AvgIpc) is 2.83. The van der Waals surface area contributed by atoms with Crippen LogP contribution in [0.5, 0.6) is 0 Å². The minimum absolute atomic E-state index is 0.217. The zero-order chi connectivity index (χ0) is 12.5. The highest BCUT2D eigenvalue weighted by atomic mass is 32.2. The van der Waals surface area contributed by atoms with Crippen LogP contribution in [0.2, 0.25) is 0 Å². The van der Waals surface area contributed by atoms with Crippen molar-refractivity contribution in [1.29, 1.82) is 0 Å². The number of nitrogens with one attached hydrogen (secondary N) is 1. The lowest BCUT2D eigenvalue weighted by Crippen LogP contribution is -2.27. The Morgan fingerprint density at radius 3 is 3.00 bits per heavy atom. The van der Waals surface area contributed by atoms with Crippen LogP contribution in [-0.2, 0) is 0 Å². The van der Waals surface area contributed by atoms with Crippen molar-refractivity contribution in [1.82, 2.24) is 4.37 Å². The van der Waals surface area contributed by atoms with Gasteiger partial charge in [-0.25, -0.2) is 0 Å². The summed E-state index contributed by atoms with van der Waals surface area (Å²) in [6, 6.07) is 0. The van der Waals surface area contributed by atoms with E-state index < -0.39 is 5.91 Å². The standard InChI is InChI=1S/C10H16N4OS2/c1-10(3-2-4-16-10)5-13-9-6(8(12)15)7(11)14-17-9/h13H,2-5H2,1H3,(H2,11,14)(H2,12,15). The SMILES string of the molecule is CC1(CNc2snc(N)c2C(N)=O)CCCS1. The highest BCUT2D eigenvalue weighted by Crippen LogP contribution is 2.38. The fourth-order valence-electron chi connectivity index (χ4n) is 1.90. The van der Waals surface area contributed by atoms with Gasteiger partial charge in [0.15, 0.2) is 5.82 Å². The minimum Gasteiger partial charge on any atom is -0.382 e. The van der Waals surface area contributed by atoms with Crippen molar-refractivity contribution in [3.05, 3.63) is 5.56 Å². The number of carbonyl (C=O) groups excluding carboxylic acids is 1. The first-order chi connectivity index (χ1) is 8.02. The number of nitrogens with zero attached hydrogens (tertiary/aromatic N) is 1. The van der Waals surface area contributed by atoms with Gasteiger partial charge in [-0.05, 0) is 37.1 Å². The van der Waals surface area contributed by atoms with Gasteiger partial charge in [0.25, 0.3) is 5.91 Å². The summed E-state index contributed by atoms with van der Waals surface area (Å²) in [4.78, 5) is 11.2. The molecule has 1 aliphatic heterocycles. The summed E-state index contributed by atoms with van der Waals surface area (Å²) in [5.41, 5.74) is 11.2. The van der Waals surface area contributed by atoms with Crippen LogP contribution in [0.4, 0.5) is 10.8 Å². The third-order valence-corrected chi connectivity index (χ3v) is 5.25. The van der Waals surface area contributed by atoms with Crippen molar-refractivity contribution in [2.24, 2.45) is 5.73 Å². The van der Waals surface area contributed by atoms with E-state index in [1.165, 1.54) is 30.1 Å². The predicted octanol–water partition coefficient (Wildman–Crippen LogP) is 1.52. The van der Waals surface area contributed by atoms with E-state index in [2.05, 4.69) is 16.6 Å². The molecule has 94 valence electrons. The van der Waals surface area contributed by atoms with E-state index in [-0.39, 0.29) is 10.6 Å². The Bertz CT molecular complexity index is 426. The second kappa shape index (κ2) is 4.73. The fourth-order valence-corrected chi connectivity index (χ4v) is 3.86. The summed E-state index contributed by atoms with van der Waals surface area (Å²) in [6.07, 6.45) is 2.43. The molecule has 1 unspecified atom stereocenters. The number of hydrogen-bond acceptors (Lipinski definition) is 6. The molecule has 0 saturated carbocycles. The van der Waals surface area contributed by atoms with Gasteiger partial charge in [0, 0.05) is 11.3 Å². The number of thioether (sulfide) groups is 1. The molecule has 7 heteroatoms. The van der Waals surface area contributed by atoms with E-state index in [1.54, 1.807) is 0 Å². The monoisotopic (exact) mass is 272 g/mol. The van der Waals surface area contributed by atoms with Gasteiger partial charge in [0.2, 0.25) is 0 Å². The number of rotatable bonds is 4. The zero-order valence-corrected chi connectivity index (χ0v) is 11.3. The molecule has 0 aliphatic carbocycles. The third kappa shape index (κ3) is 2.66. The van der Waals surface area contributed by atoms with Crippen LogP contribution in [-0.4, -0.2) is 27.3 Å². The number of carbonyl (C=O) groups is 1. The quantitative estimate of drug-likeness (QED) is 0.772. The van der Waals surface area contributed by atoms with Crippen LogP contribution in [0.25, 0.3) is 0 Å². The van der Waals surface area contributed by atoms with Gasteiger partial charge in [-0.3, -0.25) is 4.79 Å². The summed E-state index contributed by atoms with van der Waals surface area (Å²) in [6.45, 7) is 3.03. The molecule has 1 fully saturated rings. The van der Waals surface area contributed by atoms with Gasteiger partial charge in [0.05, 0.1) is 0 Å². The molecule has 0 bridgehead atoms. The molecule has 1 amide bonds. The van der Waals surface area contributed by atoms with Crippen LogP contribution in [0.3, 0.4) is 0 Å². The molecular formula is C10H16N4OS2. The molecule has 17 heavy (non-hydrogen) atoms. The lowest BCUT2D eigenvalue weighted by Gasteiger charge is -2.23. The molecule has 1 aliphatic rings. The van der Waals surface area contributed by atoms with E-state index >= 15 is 0 Å². The van der Waals surface area contributed by atoms with E-state index in [9.17, 15) is 4.79 Å². The topological polar surface area (TPSA) is 94.0 Å². The molecule has 5 nitrogen and oxygen atoms in total. The van der Waals surface area contributed by atoms with Crippen molar-refractivity contribution < 1.29 is 4.79 Å². The highest BCUT2D eigenvalue weighted by molar-refractivity contribution is 8.00. The molecule has 0 spiro atoms. The van der Waals surface area contributed by atoms with Crippen LogP contribution < -0.4 is 16.8 Å². The summed E-state index contributed by atoms with van der Waals surface area (Å²) in [7, 11) is 0. The van der Waals surface area contributed by atoms with Gasteiger partial charge < -0.3 is 16.8 Å². The van der Waals surface area contributed by atoms with Crippen LogP contribution in [0.15, 0.2) is 0 Å². The Balaban J connectivity index is 2.06. The molecular weight excluding hydrogens is 256 g/mol. The van der Waals surface area contributed by atoms with Gasteiger partial charge in [-0.15, -0.1) is 0 Å². The number of nitrogens with two attached hydrogens (primary N) is 2. The van der Waals surface area contributed by atoms with Gasteiger partial charge in [-0.2, -0.15) is 16.1 Å². The van der Waals surface area contributed by atoms with Crippen molar-refractivity contribution in [3.63, 3.8) is 0 Å². The maximum absolute atomic E-state index is 11.2. The molecule has 2 heterocycles. The van der Waals surface area contributed by atoms with Crippen LogP contribution in [0, 0.1) is 0 Å². The van der Waals surface area contributed by atoms with Crippen LogP contribution in [0.1, 0.15) is 30.1 Å². The second-order valence-electron chi connectivity index (χ2n) is 4.39. The summed E-state index contributed by atoms with van der Waals surface area (Å²) >= 11 is 3.15. The Hall–Kier alpha value is -0.950. The molecule has 0 radical (unpaired) electrons. The molecule has 5 N–H and O–H groups in total. The van der Waals surface area contributed by atoms with Crippen molar-refractivity contribution >= 4 is 40.0 Å². The van der Waals surface area contributed by atoms with Crippen LogP contribution >= 0.6 is 23.3 Å². The normalized spacial score (nSPS) is 23.8. The maximum Gasteiger partial charge on any atom is 0.255 e. The first-order valence-corrected chi connectivity index (χ1v) is 7.20. The smallest absolute Gasteiger partial charge is 0.255 e. The van der Waals surface area contributed by atoms with Crippen molar-refractivity contribution in [2.75, 3.05) is 23.3 Å². The first-order valence-electron chi connectivity index (χ1n) is 5.45. The Morgan fingerprint density at radius 2 is 2.41 bits per heavy atom. The largest absolute Gasteiger partial charge is 0.382 e. The zero-order valence-electron chi connectivity index (χ0n) is 9.66. The average molecular weight is 272 g/mol. The predicted molar refractivity (Wildman–Crippen MR) is 73.6 cm³/mol. The summed E-state index contributed by atoms with van der Waals surface area (Å²) in [5.74, 6) is 0.892. The molecule has 2 rings (SSSR count). The van der Waals surface area contributed by atoms with E-state index in [0.717, 1.165) is 6.54 Å². The Morgan fingerprint density at radius 1 is 1.65 bits per heavy atom. The minimum atomic E-state index is -0.525. The lowest BCUT2D eigenvalue weighted by atomic mass is 10.1. The van der Waals surface area contributed by atoms with Gasteiger partial charge in [-0.1, -0.05) is 0 Å². The van der Waals surface area contributed by atoms with E-state index in [0.29, 0.717) is 10.6 Å². The third-order valence-electron chi connectivity index (χ3n) is 2.89. The second-order valence-corrected chi connectivity index (χ2v) is 6.85. The first kappa shape index (κ1) is 12.5. The van der Waals surface area contributed by atoms with Crippen molar-refractivity contribution in [3.8, 4) is 0 Å². The number of primary amides is 1. The van der Waals surface area contributed by atoms with Gasteiger partial charge in [0.1, 0.15) is 10.6 Å². The van der Waals surface area contributed by atoms with Gasteiger partial charge >= 0.3 is 0 Å². The number of nitrogen functional groups attached to an aromatic ring is 1. The fraction of sp³-hybridized carbons (Fsp3) is 0.600. The number of amides is 1. The molecule has 1 atom stereocenters. The lowest BCUT2D eigenvalue weighted by molar-refractivity contribution is 0.100. The number of anilines is 2. The van der Waals surface area contributed by atoms with Crippen molar-refractivity contribution in [2.45, 2.75) is 24.5 Å². The molecule has 1 aromatic rings. The van der Waals surface area contributed by atoms with E-state index in [4.69, 9.17) is 11.5 Å². The Kier molecular flexibility index (Phi) is 3.48. The Labute approximate surface area is 108 Å². The molecule has 0 aromatic carbocycles. The van der Waals surface area contributed by atoms with E-state index in [1.807, 2.05) is 11.8 Å². The molecule has 1 aromatic heterocycles. The molecule has 1 saturated heterocycles. The maximum atomic E-state index is 11.2. The highest BCUT2D eigenvalue weighted by Gasteiger charge is 2.30.